The molecule has 0 amide bonds. The lowest BCUT2D eigenvalue weighted by Crippen LogP contribution is -2.63. The van der Waals surface area contributed by atoms with Crippen molar-refractivity contribution in [3.63, 3.8) is 0 Å². The van der Waals surface area contributed by atoms with Crippen LogP contribution in [-0.2, 0) is 33.2 Å². The quantitative estimate of drug-likeness (QED) is 0.135. The van der Waals surface area contributed by atoms with Crippen molar-refractivity contribution in [2.24, 2.45) is 11.8 Å². The van der Waals surface area contributed by atoms with Gasteiger partial charge >= 0.3 is 12.1 Å². The van der Waals surface area contributed by atoms with Crippen molar-refractivity contribution in [2.45, 2.75) is 62.0 Å². The van der Waals surface area contributed by atoms with E-state index < -0.39 is 85.6 Å². The maximum absolute atomic E-state index is 13.6. The lowest BCUT2D eigenvalue weighted by atomic mass is 9.66. The van der Waals surface area contributed by atoms with Gasteiger partial charge in [0.05, 0.1) is 46.1 Å². The van der Waals surface area contributed by atoms with E-state index in [4.69, 9.17) is 62.6 Å². The average molecular weight is 706 g/mol. The fourth-order valence-corrected chi connectivity index (χ4v) is 7.17. The second-order valence-electron chi connectivity index (χ2n) is 12.5. The summed E-state index contributed by atoms with van der Waals surface area (Å²) in [6.45, 7) is 0.833. The standard InChI is InChI=1S/C33H39NO16/c1-13-42-11-23-30(47-13)26(37)27(38)32(48-23)49-28-17-7-20-19(45-12-46-20)6-16(17)24(25-18(28)10-43-31(25)39)14-4-21(40-2)29(22(5-14)41-3)50-33(34)44-9-15(36)8-35/h4-7,13,15,18,23-28,30,32,34-38H,8-12H2,1-3H3. The monoisotopic (exact) mass is 705 g/mol. The van der Waals surface area contributed by atoms with Crippen LogP contribution in [-0.4, -0.2) is 123 Å². The molecule has 4 aliphatic heterocycles. The molecule has 3 saturated heterocycles. The van der Waals surface area contributed by atoms with Crippen molar-refractivity contribution in [2.75, 3.05) is 47.4 Å². The molecule has 0 aromatic heterocycles. The van der Waals surface area contributed by atoms with Gasteiger partial charge in [-0.2, -0.15) is 0 Å². The number of cyclic esters (lactones) is 1. The lowest BCUT2D eigenvalue weighted by molar-refractivity contribution is -0.364. The Hall–Kier alpha value is -3.94. The van der Waals surface area contributed by atoms with Gasteiger partial charge in [-0.25, -0.2) is 5.41 Å². The normalized spacial score (nSPS) is 33.0. The van der Waals surface area contributed by atoms with Crippen LogP contribution in [0.1, 0.15) is 35.6 Å². The molecule has 0 radical (unpaired) electrons. The fraction of sp³-hybridized carbons (Fsp3) is 0.576. The first-order valence-corrected chi connectivity index (χ1v) is 16.1. The number of nitrogens with one attached hydrogen (secondary N) is 1. The van der Waals surface area contributed by atoms with Gasteiger partial charge in [-0.15, -0.1) is 0 Å². The highest BCUT2D eigenvalue weighted by Crippen LogP contribution is 2.57. The second kappa shape index (κ2) is 14.0. The van der Waals surface area contributed by atoms with Gasteiger partial charge in [0.1, 0.15) is 37.1 Å². The van der Waals surface area contributed by atoms with Gasteiger partial charge in [-0.3, -0.25) is 4.79 Å². The number of esters is 1. The highest BCUT2D eigenvalue weighted by atomic mass is 16.8. The Morgan fingerprint density at radius 1 is 0.980 bits per heavy atom. The van der Waals surface area contributed by atoms with Crippen molar-refractivity contribution in [1.29, 1.82) is 5.41 Å². The largest absolute Gasteiger partial charge is 0.493 e. The zero-order valence-electron chi connectivity index (χ0n) is 27.4. The summed E-state index contributed by atoms with van der Waals surface area (Å²) in [5, 5.41) is 48.9. The molecule has 50 heavy (non-hydrogen) atoms. The van der Waals surface area contributed by atoms with E-state index in [0.29, 0.717) is 28.2 Å². The molecule has 272 valence electrons. The first-order valence-electron chi connectivity index (χ1n) is 16.1. The van der Waals surface area contributed by atoms with Crippen molar-refractivity contribution in [1.82, 2.24) is 0 Å². The van der Waals surface area contributed by atoms with Crippen LogP contribution < -0.4 is 23.7 Å². The van der Waals surface area contributed by atoms with Crippen molar-refractivity contribution in [3.05, 3.63) is 41.0 Å². The van der Waals surface area contributed by atoms with Crippen LogP contribution in [0.15, 0.2) is 24.3 Å². The number of carbonyl (C=O) groups is 1. The van der Waals surface area contributed by atoms with Crippen LogP contribution in [0.25, 0.3) is 0 Å². The van der Waals surface area contributed by atoms with Crippen LogP contribution in [0.4, 0.5) is 0 Å². The van der Waals surface area contributed by atoms with E-state index in [1.165, 1.54) is 14.2 Å². The third-order valence-electron chi connectivity index (χ3n) is 9.54. The number of rotatable bonds is 9. The molecule has 0 bridgehead atoms. The Morgan fingerprint density at radius 3 is 2.36 bits per heavy atom. The van der Waals surface area contributed by atoms with E-state index in [1.54, 1.807) is 31.2 Å². The zero-order valence-corrected chi connectivity index (χ0v) is 27.4. The number of methoxy groups -OCH3 is 2. The molecule has 5 aliphatic rings. The summed E-state index contributed by atoms with van der Waals surface area (Å²) in [4.78, 5) is 13.6. The number of ether oxygens (including phenoxy) is 11. The van der Waals surface area contributed by atoms with Crippen molar-refractivity contribution in [3.8, 4) is 28.7 Å². The molecule has 0 saturated carbocycles. The molecule has 7 rings (SSSR count). The molecule has 3 fully saturated rings. The number of hydrogen-bond acceptors (Lipinski definition) is 17. The Labute approximate surface area is 285 Å². The molecule has 11 unspecified atom stereocenters. The van der Waals surface area contributed by atoms with Gasteiger partial charge in [0.25, 0.3) is 0 Å². The summed E-state index contributed by atoms with van der Waals surface area (Å²) in [7, 11) is 2.79. The number of carbonyl (C=O) groups excluding carboxylic acids is 1. The molecule has 4 heterocycles. The molecule has 1 aliphatic carbocycles. The highest BCUT2D eigenvalue weighted by molar-refractivity contribution is 5.79. The van der Waals surface area contributed by atoms with Crippen LogP contribution in [0.3, 0.4) is 0 Å². The topological polar surface area (TPSA) is 223 Å². The third-order valence-corrected chi connectivity index (χ3v) is 9.54. The average Bonchev–Trinajstić information content (AvgIpc) is 3.74. The minimum atomic E-state index is -1.48. The summed E-state index contributed by atoms with van der Waals surface area (Å²) in [6, 6.07) is 6.83. The molecular formula is C33H39NO16. The second-order valence-corrected chi connectivity index (χ2v) is 12.5. The van der Waals surface area contributed by atoms with Crippen molar-refractivity contribution >= 4 is 12.1 Å². The maximum Gasteiger partial charge on any atom is 0.386 e. The van der Waals surface area contributed by atoms with Crippen molar-refractivity contribution < 1.29 is 77.3 Å². The highest BCUT2D eigenvalue weighted by Gasteiger charge is 2.56. The molecule has 2 aromatic rings. The predicted molar refractivity (Wildman–Crippen MR) is 164 cm³/mol. The number of benzene rings is 2. The lowest BCUT2D eigenvalue weighted by Gasteiger charge is -2.47. The van der Waals surface area contributed by atoms with Gasteiger partial charge < -0.3 is 72.5 Å². The molecule has 5 N–H and O–H groups in total. The Morgan fingerprint density at radius 2 is 1.68 bits per heavy atom. The summed E-state index contributed by atoms with van der Waals surface area (Å²) < 4.78 is 62.9. The fourth-order valence-electron chi connectivity index (χ4n) is 7.17. The van der Waals surface area contributed by atoms with Gasteiger partial charge in [0.2, 0.25) is 12.5 Å². The first kappa shape index (κ1) is 34.5. The zero-order chi connectivity index (χ0) is 35.3. The van der Waals surface area contributed by atoms with E-state index in [-0.39, 0.29) is 43.9 Å². The molecule has 17 heteroatoms. The summed E-state index contributed by atoms with van der Waals surface area (Å²) >= 11 is 0. The molecule has 11 atom stereocenters. The number of hydrogen-bond donors (Lipinski definition) is 5. The Bertz CT molecular complexity index is 1580. The Balaban J connectivity index is 1.26. The van der Waals surface area contributed by atoms with E-state index in [1.807, 2.05) is 0 Å². The van der Waals surface area contributed by atoms with E-state index in [9.17, 15) is 20.1 Å². The predicted octanol–water partition coefficient (Wildman–Crippen LogP) is 0.316. The summed E-state index contributed by atoms with van der Waals surface area (Å²) in [5.74, 6) is -1.35. The number of fused-ring (bicyclic) bond motifs is 4. The number of aliphatic hydroxyl groups excluding tert-OH is 4. The van der Waals surface area contributed by atoms with Crippen LogP contribution in [0.2, 0.25) is 0 Å². The molecule has 2 aromatic carbocycles. The minimum Gasteiger partial charge on any atom is -0.493 e. The van der Waals surface area contributed by atoms with Gasteiger partial charge in [0.15, 0.2) is 35.6 Å². The summed E-state index contributed by atoms with van der Waals surface area (Å²) in [6.07, 6.45) is -9.01. The molecular weight excluding hydrogens is 666 g/mol. The minimum absolute atomic E-state index is 0.000999. The SMILES string of the molecule is COc1cc(C2c3cc4c(cc3C(OC3OC5COC(C)OC5C(O)C3O)C3COC(=O)C23)OCO4)cc(OC)c1OC(=N)OCC(O)CO. The van der Waals surface area contributed by atoms with E-state index >= 15 is 0 Å². The summed E-state index contributed by atoms with van der Waals surface area (Å²) in [5.41, 5.74) is 1.82. The van der Waals surface area contributed by atoms with Gasteiger partial charge in [-0.1, -0.05) is 0 Å². The molecule has 0 spiro atoms. The maximum atomic E-state index is 13.6. The van der Waals surface area contributed by atoms with Crippen LogP contribution in [0, 0.1) is 17.2 Å². The first-order chi connectivity index (χ1) is 24.1. The van der Waals surface area contributed by atoms with Gasteiger partial charge in [-0.05, 0) is 47.9 Å². The Kier molecular flexibility index (Phi) is 9.66. The molecule has 17 nitrogen and oxygen atoms in total. The van der Waals surface area contributed by atoms with Crippen LogP contribution in [0.5, 0.6) is 28.7 Å². The third kappa shape index (κ3) is 6.17. The van der Waals surface area contributed by atoms with Crippen LogP contribution >= 0.6 is 0 Å². The number of aliphatic hydroxyl groups is 4. The smallest absolute Gasteiger partial charge is 0.386 e. The van der Waals surface area contributed by atoms with Gasteiger partial charge in [0, 0.05) is 11.8 Å². The van der Waals surface area contributed by atoms with E-state index in [0.717, 1.165) is 0 Å². The van der Waals surface area contributed by atoms with E-state index in [2.05, 4.69) is 0 Å².